The van der Waals surface area contributed by atoms with E-state index in [1.807, 2.05) is 0 Å². The van der Waals surface area contributed by atoms with Crippen molar-refractivity contribution in [3.8, 4) is 11.5 Å². The Hall–Kier alpha value is -2.61. The summed E-state index contributed by atoms with van der Waals surface area (Å²) in [5, 5.41) is 13.8. The van der Waals surface area contributed by atoms with E-state index in [1.54, 1.807) is 18.2 Å². The van der Waals surface area contributed by atoms with Crippen molar-refractivity contribution in [2.24, 2.45) is 0 Å². The van der Waals surface area contributed by atoms with Crippen LogP contribution in [0.25, 0.3) is 0 Å². The molecule has 2 aromatic carbocycles. The van der Waals surface area contributed by atoms with Gasteiger partial charge in [0.05, 0.1) is 28.8 Å². The Morgan fingerprint density at radius 3 is 2.69 bits per heavy atom. The highest BCUT2D eigenvalue weighted by Gasteiger charge is 2.17. The predicted molar refractivity (Wildman–Crippen MR) is 102 cm³/mol. The highest BCUT2D eigenvalue weighted by atomic mass is 79.9. The van der Waals surface area contributed by atoms with Crippen LogP contribution < -0.4 is 14.8 Å². The fraction of sp³-hybridized carbons (Fsp3) is 0.278. The Balaban J connectivity index is 2.27. The maximum absolute atomic E-state index is 12.5. The molecule has 0 unspecified atom stereocenters. The summed E-state index contributed by atoms with van der Waals surface area (Å²) in [5.41, 5.74) is 0.431. The monoisotopic (exact) mass is 422 g/mol. The minimum Gasteiger partial charge on any atom is -0.497 e. The molecule has 2 aromatic rings. The first-order valence-corrected chi connectivity index (χ1v) is 8.81. The number of carbonyl (C=O) groups is 1. The third-order valence-corrected chi connectivity index (χ3v) is 4.27. The molecule has 0 bridgehead atoms. The highest BCUT2D eigenvalue weighted by molar-refractivity contribution is 9.10. The lowest BCUT2D eigenvalue weighted by Gasteiger charge is -2.14. The van der Waals surface area contributed by atoms with Gasteiger partial charge in [0, 0.05) is 17.7 Å². The van der Waals surface area contributed by atoms with E-state index in [0.717, 1.165) is 12.8 Å². The molecule has 8 heteroatoms. The van der Waals surface area contributed by atoms with Gasteiger partial charge in [-0.2, -0.15) is 0 Å². The van der Waals surface area contributed by atoms with E-state index >= 15 is 0 Å². The summed E-state index contributed by atoms with van der Waals surface area (Å²) in [6.45, 7) is 2.58. The summed E-state index contributed by atoms with van der Waals surface area (Å²) in [6, 6.07) is 9.29. The summed E-state index contributed by atoms with van der Waals surface area (Å²) in [7, 11) is 1.52. The minimum atomic E-state index is -0.550. The van der Waals surface area contributed by atoms with Gasteiger partial charge in [0.1, 0.15) is 11.5 Å². The van der Waals surface area contributed by atoms with Gasteiger partial charge in [0.15, 0.2) is 0 Å². The number of rotatable bonds is 8. The number of nitro groups is 1. The third kappa shape index (κ3) is 4.95. The molecular weight excluding hydrogens is 404 g/mol. The quantitative estimate of drug-likeness (QED) is 0.374. The molecule has 138 valence electrons. The number of unbranched alkanes of at least 4 members (excludes halogenated alkanes) is 1. The van der Waals surface area contributed by atoms with Gasteiger partial charge >= 0.3 is 0 Å². The van der Waals surface area contributed by atoms with E-state index in [-0.39, 0.29) is 11.3 Å². The van der Waals surface area contributed by atoms with Crippen molar-refractivity contribution in [1.82, 2.24) is 0 Å². The lowest BCUT2D eigenvalue weighted by atomic mass is 10.2. The molecule has 1 amide bonds. The van der Waals surface area contributed by atoms with Gasteiger partial charge in [-0.15, -0.1) is 0 Å². The molecule has 0 fully saturated rings. The van der Waals surface area contributed by atoms with Crippen LogP contribution in [-0.4, -0.2) is 24.5 Å². The van der Waals surface area contributed by atoms with Crippen LogP contribution in [0.2, 0.25) is 0 Å². The first kappa shape index (κ1) is 19.7. The molecule has 0 atom stereocenters. The standard InChI is InChI=1S/C18H19BrN2O5/c1-3-4-9-26-17-8-6-13(25-2)11-15(17)20-18(22)12-5-7-14(19)16(10-12)21(23)24/h5-8,10-11H,3-4,9H2,1-2H3,(H,20,22). The Morgan fingerprint density at radius 1 is 1.27 bits per heavy atom. The van der Waals surface area contributed by atoms with Crippen molar-refractivity contribution < 1.29 is 19.2 Å². The molecule has 0 spiro atoms. The van der Waals surface area contributed by atoms with Crippen LogP contribution in [0.4, 0.5) is 11.4 Å². The van der Waals surface area contributed by atoms with E-state index in [2.05, 4.69) is 28.2 Å². The summed E-state index contributed by atoms with van der Waals surface area (Å²) < 4.78 is 11.2. The van der Waals surface area contributed by atoms with Gasteiger partial charge in [-0.3, -0.25) is 14.9 Å². The topological polar surface area (TPSA) is 90.7 Å². The van der Waals surface area contributed by atoms with Gasteiger partial charge in [-0.1, -0.05) is 13.3 Å². The summed E-state index contributed by atoms with van der Waals surface area (Å²) in [5.74, 6) is 0.596. The number of benzene rings is 2. The number of nitro benzene ring substituents is 1. The van der Waals surface area contributed by atoms with Crippen molar-refractivity contribution in [2.75, 3.05) is 19.0 Å². The molecule has 26 heavy (non-hydrogen) atoms. The van der Waals surface area contributed by atoms with Gasteiger partial charge < -0.3 is 14.8 Å². The van der Waals surface area contributed by atoms with Gasteiger partial charge in [-0.05, 0) is 46.6 Å². The molecule has 0 saturated carbocycles. The maximum Gasteiger partial charge on any atom is 0.284 e. The highest BCUT2D eigenvalue weighted by Crippen LogP contribution is 2.31. The smallest absolute Gasteiger partial charge is 0.284 e. The fourth-order valence-corrected chi connectivity index (χ4v) is 2.57. The van der Waals surface area contributed by atoms with Crippen LogP contribution in [0.1, 0.15) is 30.1 Å². The van der Waals surface area contributed by atoms with Crippen molar-refractivity contribution in [2.45, 2.75) is 19.8 Å². The largest absolute Gasteiger partial charge is 0.497 e. The van der Waals surface area contributed by atoms with Crippen LogP contribution in [0.15, 0.2) is 40.9 Å². The molecule has 0 aromatic heterocycles. The zero-order valence-corrected chi connectivity index (χ0v) is 16.0. The number of hydrogen-bond donors (Lipinski definition) is 1. The number of halogens is 1. The van der Waals surface area contributed by atoms with E-state index in [0.29, 0.717) is 28.3 Å². The van der Waals surface area contributed by atoms with Crippen LogP contribution in [0, 0.1) is 10.1 Å². The lowest BCUT2D eigenvalue weighted by molar-refractivity contribution is -0.385. The predicted octanol–water partition coefficient (Wildman–Crippen LogP) is 4.80. The van der Waals surface area contributed by atoms with Crippen LogP contribution in [0.5, 0.6) is 11.5 Å². The number of anilines is 1. The third-order valence-electron chi connectivity index (χ3n) is 3.60. The van der Waals surface area contributed by atoms with Gasteiger partial charge in [-0.25, -0.2) is 0 Å². The van der Waals surface area contributed by atoms with Crippen molar-refractivity contribution in [1.29, 1.82) is 0 Å². The van der Waals surface area contributed by atoms with E-state index in [1.165, 1.54) is 25.3 Å². The summed E-state index contributed by atoms with van der Waals surface area (Å²) >= 11 is 3.10. The second-order valence-electron chi connectivity index (χ2n) is 5.44. The zero-order chi connectivity index (χ0) is 19.1. The first-order chi connectivity index (χ1) is 12.5. The van der Waals surface area contributed by atoms with Crippen LogP contribution in [0.3, 0.4) is 0 Å². The number of methoxy groups -OCH3 is 1. The van der Waals surface area contributed by atoms with Crippen LogP contribution >= 0.6 is 15.9 Å². The number of nitrogens with one attached hydrogen (secondary N) is 1. The summed E-state index contributed by atoms with van der Waals surface area (Å²) in [6.07, 6.45) is 1.87. The Bertz CT molecular complexity index is 810. The zero-order valence-electron chi connectivity index (χ0n) is 14.5. The number of carbonyl (C=O) groups excluding carboxylic acids is 1. The normalized spacial score (nSPS) is 10.3. The lowest BCUT2D eigenvalue weighted by Crippen LogP contribution is -2.13. The molecule has 0 aliphatic heterocycles. The van der Waals surface area contributed by atoms with E-state index in [4.69, 9.17) is 9.47 Å². The van der Waals surface area contributed by atoms with E-state index in [9.17, 15) is 14.9 Å². The van der Waals surface area contributed by atoms with Crippen molar-refractivity contribution in [3.63, 3.8) is 0 Å². The average Bonchev–Trinajstić information content (AvgIpc) is 2.63. The average molecular weight is 423 g/mol. The minimum absolute atomic E-state index is 0.169. The molecule has 0 heterocycles. The molecule has 0 radical (unpaired) electrons. The fourth-order valence-electron chi connectivity index (χ4n) is 2.17. The second kappa shape index (κ2) is 9.19. The molecule has 0 aliphatic carbocycles. The molecule has 0 aliphatic rings. The van der Waals surface area contributed by atoms with Crippen LogP contribution in [-0.2, 0) is 0 Å². The van der Waals surface area contributed by atoms with E-state index < -0.39 is 10.8 Å². The molecule has 7 nitrogen and oxygen atoms in total. The number of hydrogen-bond acceptors (Lipinski definition) is 5. The van der Waals surface area contributed by atoms with Gasteiger partial charge in [0.2, 0.25) is 0 Å². The number of nitrogens with zero attached hydrogens (tertiary/aromatic N) is 1. The summed E-state index contributed by atoms with van der Waals surface area (Å²) in [4.78, 5) is 23.0. The molecule has 1 N–H and O–H groups in total. The SMILES string of the molecule is CCCCOc1ccc(OC)cc1NC(=O)c1ccc(Br)c([N+](=O)[O-])c1. The number of ether oxygens (including phenoxy) is 2. The Morgan fingerprint density at radius 2 is 2.04 bits per heavy atom. The van der Waals surface area contributed by atoms with Crippen molar-refractivity contribution in [3.05, 3.63) is 56.5 Å². The number of amides is 1. The molecule has 2 rings (SSSR count). The molecular formula is C18H19BrN2O5. The Labute approximate surface area is 159 Å². The Kier molecular flexibility index (Phi) is 6.97. The second-order valence-corrected chi connectivity index (χ2v) is 6.30. The maximum atomic E-state index is 12.5. The van der Waals surface area contributed by atoms with Crippen molar-refractivity contribution >= 4 is 33.2 Å². The molecule has 0 saturated heterocycles. The first-order valence-electron chi connectivity index (χ1n) is 8.02. The van der Waals surface area contributed by atoms with Gasteiger partial charge in [0.25, 0.3) is 11.6 Å².